The summed E-state index contributed by atoms with van der Waals surface area (Å²) >= 11 is 3.43. The molecule has 3 heteroatoms. The molecule has 0 bridgehead atoms. The zero-order valence-corrected chi connectivity index (χ0v) is 12.7. The Kier molecular flexibility index (Phi) is 4.59. The van der Waals surface area contributed by atoms with Gasteiger partial charge in [0.05, 0.1) is 6.04 Å². The van der Waals surface area contributed by atoms with Gasteiger partial charge in [0.1, 0.15) is 5.82 Å². The van der Waals surface area contributed by atoms with Crippen LogP contribution in [0.5, 0.6) is 0 Å². The number of aryl methyl sites for hydroxylation is 1. The maximum Gasteiger partial charge on any atom is 0.128 e. The number of benzene rings is 2. The Hall–Kier alpha value is -1.35. The minimum Gasteiger partial charge on any atom is -0.378 e. The van der Waals surface area contributed by atoms with Crippen LogP contribution in [0.25, 0.3) is 0 Å². The lowest BCUT2D eigenvalue weighted by Crippen LogP contribution is -2.09. The lowest BCUT2D eigenvalue weighted by Gasteiger charge is -2.19. The van der Waals surface area contributed by atoms with Gasteiger partial charge in [-0.3, -0.25) is 0 Å². The summed E-state index contributed by atoms with van der Waals surface area (Å²) in [6.45, 7) is 3.88. The smallest absolute Gasteiger partial charge is 0.128 e. The summed E-state index contributed by atoms with van der Waals surface area (Å²) in [5, 5.41) is 3.38. The standard InChI is InChI=1S/C16H17BrFN/c1-3-16(12-5-7-13(17)8-6-12)19-14-9-4-11(2)15(18)10-14/h4-10,16,19H,3H2,1-2H3. The van der Waals surface area contributed by atoms with Crippen LogP contribution in [0.3, 0.4) is 0 Å². The summed E-state index contributed by atoms with van der Waals surface area (Å²) in [7, 11) is 0. The molecule has 1 atom stereocenters. The van der Waals surface area contributed by atoms with Crippen LogP contribution in [0.1, 0.15) is 30.5 Å². The Morgan fingerprint density at radius 1 is 1.16 bits per heavy atom. The van der Waals surface area contributed by atoms with Gasteiger partial charge in [0, 0.05) is 10.2 Å². The molecule has 1 unspecified atom stereocenters. The fourth-order valence-corrected chi connectivity index (χ4v) is 2.26. The van der Waals surface area contributed by atoms with Crippen molar-refractivity contribution in [1.29, 1.82) is 0 Å². The van der Waals surface area contributed by atoms with Crippen LogP contribution in [0.2, 0.25) is 0 Å². The average Bonchev–Trinajstić information content (AvgIpc) is 2.41. The molecule has 1 N–H and O–H groups in total. The van der Waals surface area contributed by atoms with E-state index in [1.807, 2.05) is 18.2 Å². The number of hydrogen-bond donors (Lipinski definition) is 1. The van der Waals surface area contributed by atoms with Crippen LogP contribution in [-0.4, -0.2) is 0 Å². The van der Waals surface area contributed by atoms with Crippen molar-refractivity contribution in [2.24, 2.45) is 0 Å². The zero-order chi connectivity index (χ0) is 13.8. The fourth-order valence-electron chi connectivity index (χ4n) is 2.00. The number of anilines is 1. The van der Waals surface area contributed by atoms with Crippen LogP contribution in [0, 0.1) is 12.7 Å². The maximum absolute atomic E-state index is 13.5. The van der Waals surface area contributed by atoms with E-state index in [0.29, 0.717) is 5.56 Å². The zero-order valence-electron chi connectivity index (χ0n) is 11.1. The second-order valence-electron chi connectivity index (χ2n) is 4.62. The molecule has 100 valence electrons. The highest BCUT2D eigenvalue weighted by molar-refractivity contribution is 9.10. The number of halogens is 2. The molecule has 0 heterocycles. The van der Waals surface area contributed by atoms with Crippen LogP contribution < -0.4 is 5.32 Å². The molecule has 0 saturated carbocycles. The van der Waals surface area contributed by atoms with E-state index in [0.717, 1.165) is 16.6 Å². The topological polar surface area (TPSA) is 12.0 Å². The van der Waals surface area contributed by atoms with Crippen LogP contribution in [-0.2, 0) is 0 Å². The average molecular weight is 322 g/mol. The highest BCUT2D eigenvalue weighted by Crippen LogP contribution is 2.25. The van der Waals surface area contributed by atoms with Crippen molar-refractivity contribution in [1.82, 2.24) is 0 Å². The molecular formula is C16H17BrFN. The third kappa shape index (κ3) is 3.57. The first-order valence-corrected chi connectivity index (χ1v) is 7.17. The van der Waals surface area contributed by atoms with Gasteiger partial charge in [0.25, 0.3) is 0 Å². The van der Waals surface area contributed by atoms with Crippen LogP contribution >= 0.6 is 15.9 Å². The molecule has 0 radical (unpaired) electrons. The van der Waals surface area contributed by atoms with Gasteiger partial charge in [0.2, 0.25) is 0 Å². The highest BCUT2D eigenvalue weighted by atomic mass is 79.9. The second kappa shape index (κ2) is 6.20. The quantitative estimate of drug-likeness (QED) is 0.788. The molecule has 1 nitrogen and oxygen atoms in total. The van der Waals surface area contributed by atoms with E-state index >= 15 is 0 Å². The molecule has 0 fully saturated rings. The van der Waals surface area contributed by atoms with Crippen molar-refractivity contribution in [3.8, 4) is 0 Å². The molecule has 2 aromatic rings. The van der Waals surface area contributed by atoms with Gasteiger partial charge in [-0.2, -0.15) is 0 Å². The van der Waals surface area contributed by atoms with Crippen LogP contribution in [0.15, 0.2) is 46.9 Å². The van der Waals surface area contributed by atoms with Gasteiger partial charge in [-0.05, 0) is 48.7 Å². The predicted molar refractivity (Wildman–Crippen MR) is 81.9 cm³/mol. The first kappa shape index (κ1) is 14.1. The molecule has 0 saturated heterocycles. The van der Waals surface area contributed by atoms with Gasteiger partial charge in [-0.25, -0.2) is 4.39 Å². The molecule has 0 aromatic heterocycles. The minimum atomic E-state index is -0.171. The van der Waals surface area contributed by atoms with E-state index in [2.05, 4.69) is 40.3 Å². The number of rotatable bonds is 4. The summed E-state index contributed by atoms with van der Waals surface area (Å²) in [5.41, 5.74) is 2.69. The lowest BCUT2D eigenvalue weighted by molar-refractivity contribution is 0.618. The second-order valence-corrected chi connectivity index (χ2v) is 5.54. The maximum atomic E-state index is 13.5. The van der Waals surface area contributed by atoms with Gasteiger partial charge in [0.15, 0.2) is 0 Å². The Balaban J connectivity index is 2.18. The van der Waals surface area contributed by atoms with E-state index in [-0.39, 0.29) is 11.9 Å². The largest absolute Gasteiger partial charge is 0.378 e. The summed E-state index contributed by atoms with van der Waals surface area (Å²) in [6.07, 6.45) is 0.942. The van der Waals surface area contributed by atoms with E-state index in [1.165, 1.54) is 5.56 Å². The normalized spacial score (nSPS) is 12.2. The Morgan fingerprint density at radius 3 is 2.42 bits per heavy atom. The molecule has 0 aliphatic carbocycles. The van der Waals surface area contributed by atoms with Gasteiger partial charge >= 0.3 is 0 Å². The van der Waals surface area contributed by atoms with Gasteiger partial charge < -0.3 is 5.32 Å². The molecule has 0 aliphatic rings. The summed E-state index contributed by atoms with van der Waals surface area (Å²) in [6, 6.07) is 13.7. The number of nitrogens with one attached hydrogen (secondary N) is 1. The molecule has 2 aromatic carbocycles. The predicted octanol–water partition coefficient (Wildman–Crippen LogP) is 5.46. The Morgan fingerprint density at radius 2 is 1.84 bits per heavy atom. The molecular weight excluding hydrogens is 305 g/mol. The third-order valence-electron chi connectivity index (χ3n) is 3.19. The van der Waals surface area contributed by atoms with E-state index in [1.54, 1.807) is 19.1 Å². The fraction of sp³-hybridized carbons (Fsp3) is 0.250. The van der Waals surface area contributed by atoms with Gasteiger partial charge in [-0.1, -0.05) is 41.1 Å². The van der Waals surface area contributed by atoms with E-state index in [4.69, 9.17) is 0 Å². The summed E-state index contributed by atoms with van der Waals surface area (Å²) in [4.78, 5) is 0. The molecule has 19 heavy (non-hydrogen) atoms. The monoisotopic (exact) mass is 321 g/mol. The highest BCUT2D eigenvalue weighted by Gasteiger charge is 2.09. The van der Waals surface area contributed by atoms with E-state index in [9.17, 15) is 4.39 Å². The first-order chi connectivity index (χ1) is 9.10. The van der Waals surface area contributed by atoms with Crippen molar-refractivity contribution < 1.29 is 4.39 Å². The van der Waals surface area contributed by atoms with Crippen LogP contribution in [0.4, 0.5) is 10.1 Å². The summed E-state index contributed by atoms with van der Waals surface area (Å²) < 4.78 is 14.6. The molecule has 0 aliphatic heterocycles. The Bertz CT molecular complexity index is 551. The van der Waals surface area contributed by atoms with Crippen molar-refractivity contribution in [2.45, 2.75) is 26.3 Å². The minimum absolute atomic E-state index is 0.171. The third-order valence-corrected chi connectivity index (χ3v) is 3.72. The lowest BCUT2D eigenvalue weighted by atomic mass is 10.0. The summed E-state index contributed by atoms with van der Waals surface area (Å²) in [5.74, 6) is -0.171. The van der Waals surface area contributed by atoms with Gasteiger partial charge in [-0.15, -0.1) is 0 Å². The van der Waals surface area contributed by atoms with Crippen molar-refractivity contribution in [3.63, 3.8) is 0 Å². The Labute approximate surface area is 122 Å². The SMILES string of the molecule is CCC(Nc1ccc(C)c(F)c1)c1ccc(Br)cc1. The molecule has 2 rings (SSSR count). The number of hydrogen-bond acceptors (Lipinski definition) is 1. The van der Waals surface area contributed by atoms with E-state index < -0.39 is 0 Å². The first-order valence-electron chi connectivity index (χ1n) is 6.38. The van der Waals surface area contributed by atoms with Crippen molar-refractivity contribution in [3.05, 3.63) is 63.9 Å². The van der Waals surface area contributed by atoms with Crippen molar-refractivity contribution >= 4 is 21.6 Å². The molecule has 0 spiro atoms. The van der Waals surface area contributed by atoms with Crippen molar-refractivity contribution in [2.75, 3.05) is 5.32 Å². The molecule has 0 amide bonds.